The molecule has 12 nitrogen and oxygen atoms in total. The molecule has 2 bridgehead atoms. The molecule has 4 N–H and O–H groups in total. The highest BCUT2D eigenvalue weighted by Crippen LogP contribution is 2.61. The van der Waals surface area contributed by atoms with Crippen molar-refractivity contribution in [2.24, 2.45) is 29.1 Å². The van der Waals surface area contributed by atoms with Crippen molar-refractivity contribution in [1.29, 1.82) is 0 Å². The van der Waals surface area contributed by atoms with Gasteiger partial charge in [0.1, 0.15) is 17.9 Å². The number of amides is 2. The number of hydrogen-bond acceptors (Lipinski definition) is 10. The maximum Gasteiger partial charge on any atom is 0.251 e. The molecule has 0 unspecified atom stereocenters. The summed E-state index contributed by atoms with van der Waals surface area (Å²) in [6, 6.07) is 10.7. The molecule has 12 heteroatoms. The topological polar surface area (TPSA) is 149 Å². The van der Waals surface area contributed by atoms with E-state index in [1.807, 2.05) is 55.4 Å². The summed E-state index contributed by atoms with van der Waals surface area (Å²) in [7, 11) is 5.44. The Kier molecular flexibility index (Phi) is 11.2. The van der Waals surface area contributed by atoms with Crippen molar-refractivity contribution in [2.75, 3.05) is 39.3 Å². The molecule has 7 rings (SSSR count). The van der Waals surface area contributed by atoms with Crippen LogP contribution in [0, 0.1) is 29.1 Å². The number of aliphatic hydroxyl groups is 2. The van der Waals surface area contributed by atoms with Gasteiger partial charge in [0.05, 0.1) is 32.1 Å². The Morgan fingerprint density at radius 1 is 1.17 bits per heavy atom. The van der Waals surface area contributed by atoms with Crippen LogP contribution in [0.15, 0.2) is 55.0 Å². The van der Waals surface area contributed by atoms with Crippen LogP contribution in [0.2, 0.25) is 0 Å². The van der Waals surface area contributed by atoms with Gasteiger partial charge >= 0.3 is 0 Å². The number of carbonyl (C=O) groups excluding carboxylic acids is 2. The molecule has 4 aliphatic rings. The van der Waals surface area contributed by atoms with E-state index in [1.165, 1.54) is 6.42 Å². The highest BCUT2D eigenvalue weighted by molar-refractivity contribution is 5.97. The average molecular weight is 715 g/mol. The van der Waals surface area contributed by atoms with E-state index in [-0.39, 0.29) is 36.4 Å². The van der Waals surface area contributed by atoms with Gasteiger partial charge in [-0.05, 0) is 66.7 Å². The van der Waals surface area contributed by atoms with E-state index in [0.29, 0.717) is 42.0 Å². The molecule has 3 aliphatic carbocycles. The van der Waals surface area contributed by atoms with Crippen molar-refractivity contribution in [3.8, 4) is 16.9 Å². The average Bonchev–Trinajstić information content (AvgIpc) is 3.51. The van der Waals surface area contributed by atoms with E-state index < -0.39 is 24.2 Å². The molecule has 1 aliphatic heterocycles. The van der Waals surface area contributed by atoms with Crippen LogP contribution in [-0.4, -0.2) is 95.7 Å². The summed E-state index contributed by atoms with van der Waals surface area (Å²) in [5.74, 6) is 0.964. The number of carbonyl (C=O) groups is 2. The van der Waals surface area contributed by atoms with Crippen molar-refractivity contribution in [2.45, 2.75) is 77.8 Å². The number of aromatic nitrogens is 2. The van der Waals surface area contributed by atoms with Gasteiger partial charge in [0.25, 0.3) is 5.91 Å². The Bertz CT molecular complexity index is 1730. The van der Waals surface area contributed by atoms with Crippen molar-refractivity contribution < 1.29 is 29.4 Å². The maximum atomic E-state index is 14.2. The summed E-state index contributed by atoms with van der Waals surface area (Å²) in [5, 5.41) is 29.2. The van der Waals surface area contributed by atoms with Crippen molar-refractivity contribution in [3.63, 3.8) is 0 Å². The molecule has 2 heterocycles. The third kappa shape index (κ3) is 7.39. The second kappa shape index (κ2) is 15.5. The summed E-state index contributed by atoms with van der Waals surface area (Å²) >= 11 is 0. The van der Waals surface area contributed by atoms with Crippen LogP contribution in [0.1, 0.15) is 62.2 Å². The molecule has 280 valence electrons. The number of nitrogens with one attached hydrogen (secondary N) is 2. The zero-order valence-corrected chi connectivity index (χ0v) is 31.4. The minimum atomic E-state index is -0.902. The van der Waals surface area contributed by atoms with Crippen LogP contribution in [0.25, 0.3) is 11.1 Å². The van der Waals surface area contributed by atoms with Gasteiger partial charge in [-0.15, -0.1) is 0 Å². The number of para-hydroxylation sites is 1. The number of hydroxylamine groups is 2. The van der Waals surface area contributed by atoms with Crippen molar-refractivity contribution in [3.05, 3.63) is 71.8 Å². The summed E-state index contributed by atoms with van der Waals surface area (Å²) in [5.41, 5.74) is 4.71. The Morgan fingerprint density at radius 3 is 2.60 bits per heavy atom. The first-order valence-electron chi connectivity index (χ1n) is 18.4. The van der Waals surface area contributed by atoms with E-state index >= 15 is 0 Å². The summed E-state index contributed by atoms with van der Waals surface area (Å²) in [4.78, 5) is 44.2. The molecular formula is C40H54N6O6. The van der Waals surface area contributed by atoms with E-state index in [9.17, 15) is 19.8 Å². The Morgan fingerprint density at radius 2 is 1.96 bits per heavy atom. The minimum absolute atomic E-state index is 0.0363. The second-order valence-corrected chi connectivity index (χ2v) is 15.6. The third-order valence-electron chi connectivity index (χ3n) is 12.0. The lowest BCUT2D eigenvalue weighted by atomic mass is 9.45. The van der Waals surface area contributed by atoms with E-state index in [4.69, 9.17) is 9.57 Å². The second-order valence-electron chi connectivity index (χ2n) is 15.6. The van der Waals surface area contributed by atoms with Crippen LogP contribution in [0.5, 0.6) is 5.75 Å². The first-order chi connectivity index (χ1) is 24.8. The van der Waals surface area contributed by atoms with Crippen LogP contribution in [0.4, 0.5) is 5.69 Å². The fourth-order valence-corrected chi connectivity index (χ4v) is 8.85. The highest BCUT2D eigenvalue weighted by atomic mass is 16.7. The van der Waals surface area contributed by atoms with Crippen LogP contribution < -0.4 is 20.3 Å². The first kappa shape index (κ1) is 37.7. The van der Waals surface area contributed by atoms with E-state index in [1.54, 1.807) is 37.7 Å². The lowest BCUT2D eigenvalue weighted by Gasteiger charge is -2.62. The molecule has 3 saturated carbocycles. The van der Waals surface area contributed by atoms with Crippen LogP contribution in [-0.2, 0) is 22.6 Å². The number of rotatable bonds is 13. The Hall–Kier alpha value is -4.10. The fourth-order valence-electron chi connectivity index (χ4n) is 8.85. The molecule has 0 radical (unpaired) electrons. The number of benzene rings is 2. The quantitative estimate of drug-likeness (QED) is 0.206. The van der Waals surface area contributed by atoms with Crippen LogP contribution >= 0.6 is 0 Å². The number of hydrogen-bond donors (Lipinski definition) is 4. The van der Waals surface area contributed by atoms with E-state index in [2.05, 4.69) is 41.4 Å². The maximum absolute atomic E-state index is 14.2. The summed E-state index contributed by atoms with van der Waals surface area (Å²) < 4.78 is 6.04. The summed E-state index contributed by atoms with van der Waals surface area (Å²) in [6.45, 7) is 8.77. The lowest BCUT2D eigenvalue weighted by molar-refractivity contribution is -0.183. The molecule has 1 aromatic heterocycles. The molecule has 2 amide bonds. The number of methoxy groups -OCH3 is 1. The van der Waals surface area contributed by atoms with Gasteiger partial charge in [0, 0.05) is 80.0 Å². The van der Waals surface area contributed by atoms with Crippen LogP contribution in [0.3, 0.4) is 0 Å². The number of aliphatic hydroxyl groups excluding tert-OH is 2. The molecule has 4 fully saturated rings. The zero-order chi connectivity index (χ0) is 37.3. The predicted octanol–water partition coefficient (Wildman–Crippen LogP) is 3.85. The van der Waals surface area contributed by atoms with E-state index in [0.717, 1.165) is 34.5 Å². The van der Waals surface area contributed by atoms with Gasteiger partial charge in [-0.25, -0.2) is 0 Å². The van der Waals surface area contributed by atoms with Gasteiger partial charge < -0.3 is 30.5 Å². The summed E-state index contributed by atoms with van der Waals surface area (Å²) in [6.07, 6.45) is 5.96. The van der Waals surface area contributed by atoms with Crippen molar-refractivity contribution >= 4 is 17.5 Å². The smallest absolute Gasteiger partial charge is 0.251 e. The largest absolute Gasteiger partial charge is 0.496 e. The van der Waals surface area contributed by atoms with Gasteiger partial charge in [0.15, 0.2) is 0 Å². The third-order valence-corrected chi connectivity index (χ3v) is 12.0. The number of ether oxygens (including phenoxy) is 1. The normalized spacial score (nSPS) is 27.0. The van der Waals surface area contributed by atoms with Gasteiger partial charge in [-0.1, -0.05) is 39.0 Å². The molecule has 52 heavy (non-hydrogen) atoms. The number of nitrogens with zero attached hydrogens (tertiary/aromatic N) is 4. The van der Waals surface area contributed by atoms with Gasteiger partial charge in [-0.2, -0.15) is 5.06 Å². The lowest BCUT2D eigenvalue weighted by Crippen LogP contribution is -2.62. The molecule has 0 spiro atoms. The minimum Gasteiger partial charge on any atom is -0.496 e. The highest BCUT2D eigenvalue weighted by Gasteiger charge is 2.57. The standard InChI is InChI=1S/C40H54N6O6/c1-23-32-18-28(40(32,3)4)19-33(23)44-39(50)36-35(24(2)48)34(22-47)52-46(36)21-25-9-8-10-31(37(25)51-7)26-15-27(17-30(16-26)45(5)6)38(49)43-12-11-29-20-41-13-14-42-29/h8-10,13-17,20,23-24,28,32-36,47-48H,11-12,18-19,21-22H2,1-7H3,(H,43,49)(H,44,50)/t23-,24-,28-,32-,33-,34-,35-,36-/m0/s1. The predicted molar refractivity (Wildman–Crippen MR) is 198 cm³/mol. The molecular weight excluding hydrogens is 660 g/mol. The van der Waals surface area contributed by atoms with Crippen molar-refractivity contribution in [1.82, 2.24) is 25.7 Å². The molecule has 2 aromatic carbocycles. The zero-order valence-electron chi connectivity index (χ0n) is 31.4. The first-order valence-corrected chi connectivity index (χ1v) is 18.4. The Labute approximate surface area is 306 Å². The number of fused-ring (bicyclic) bond motifs is 2. The van der Waals surface area contributed by atoms with Gasteiger partial charge in [-0.3, -0.25) is 24.4 Å². The van der Waals surface area contributed by atoms with Gasteiger partial charge in [0.2, 0.25) is 5.91 Å². The fraction of sp³-hybridized carbons (Fsp3) is 0.550. The molecule has 3 aromatic rings. The molecule has 1 saturated heterocycles. The molecule has 8 atom stereocenters. The number of anilines is 1. The SMILES string of the molecule is COc1c(CN2O[C@@H](CO)[C@H]([C@H](C)O)[C@H]2C(=O)N[C@H]2C[C@@H]3C[C@@H]([C@@H]2C)C3(C)C)cccc1-c1cc(C(=O)NCCc2cnccn2)cc(N(C)C)c1. The monoisotopic (exact) mass is 714 g/mol. The Balaban J connectivity index is 1.26.